The molecule has 53 heavy (non-hydrogen) atoms. The Hall–Kier alpha value is -5.28. The van der Waals surface area contributed by atoms with Gasteiger partial charge in [-0.3, -0.25) is 14.4 Å². The lowest BCUT2D eigenvalue weighted by atomic mass is 9.84. The zero-order valence-electron chi connectivity index (χ0n) is 29.4. The monoisotopic (exact) mass is 755 g/mol. The van der Waals surface area contributed by atoms with Crippen molar-refractivity contribution < 1.29 is 37.0 Å². The number of ketones is 1. The van der Waals surface area contributed by atoms with Gasteiger partial charge >= 0.3 is 12.1 Å². The Morgan fingerprint density at radius 1 is 1.09 bits per heavy atom. The van der Waals surface area contributed by atoms with Gasteiger partial charge in [-0.05, 0) is 88.3 Å². The molecular weight excluding hydrogens is 715 g/mol. The van der Waals surface area contributed by atoms with Crippen LogP contribution < -0.4 is 21.5 Å². The molecule has 0 spiro atoms. The van der Waals surface area contributed by atoms with E-state index in [1.54, 1.807) is 50.4 Å². The number of Topliss-reactive ketones (excluding diaryl/α,β-unsaturated/α-hetero) is 1. The molecule has 0 aliphatic heterocycles. The lowest BCUT2D eigenvalue weighted by Crippen LogP contribution is -2.34. The molecule has 0 fully saturated rings. The number of nitrogen functional groups attached to an aromatic ring is 1. The summed E-state index contributed by atoms with van der Waals surface area (Å²) >= 11 is 6.11. The van der Waals surface area contributed by atoms with E-state index in [0.29, 0.717) is 42.6 Å². The van der Waals surface area contributed by atoms with E-state index in [4.69, 9.17) is 32.5 Å². The van der Waals surface area contributed by atoms with Gasteiger partial charge in [-0.2, -0.15) is 23.3 Å². The van der Waals surface area contributed by atoms with Crippen LogP contribution in [0.2, 0.25) is 5.02 Å². The van der Waals surface area contributed by atoms with Crippen molar-refractivity contribution in [1.82, 2.24) is 25.1 Å². The maximum atomic E-state index is 14.4. The van der Waals surface area contributed by atoms with Crippen LogP contribution in [0, 0.1) is 12.8 Å². The highest BCUT2D eigenvalue weighted by Crippen LogP contribution is 2.40. The quantitative estimate of drug-likeness (QED) is 0.138. The summed E-state index contributed by atoms with van der Waals surface area (Å²) < 4.78 is 54.9. The summed E-state index contributed by atoms with van der Waals surface area (Å²) in [7, 11) is 0. The second-order valence-electron chi connectivity index (χ2n) is 12.3. The van der Waals surface area contributed by atoms with Gasteiger partial charge in [0, 0.05) is 28.4 Å². The van der Waals surface area contributed by atoms with Crippen molar-refractivity contribution in [2.75, 3.05) is 18.9 Å². The van der Waals surface area contributed by atoms with Crippen LogP contribution in [0.5, 0.6) is 5.88 Å². The molecule has 0 bridgehead atoms. The second-order valence-corrected chi connectivity index (χ2v) is 12.7. The van der Waals surface area contributed by atoms with Crippen molar-refractivity contribution in [1.29, 1.82) is 0 Å². The fourth-order valence-corrected chi connectivity index (χ4v) is 5.68. The number of amides is 1. The highest BCUT2D eigenvalue weighted by molar-refractivity contribution is 6.30. The first kappa shape index (κ1) is 40.5. The maximum Gasteiger partial charge on any atom is 0.429 e. The Bertz CT molecular complexity index is 1920. The minimum Gasteiger partial charge on any atom is -0.465 e. The summed E-state index contributed by atoms with van der Waals surface area (Å²) in [6.45, 7) is 5.23. The van der Waals surface area contributed by atoms with Crippen LogP contribution in [0.1, 0.15) is 72.9 Å². The summed E-state index contributed by atoms with van der Waals surface area (Å²) in [5, 5.41) is 6.99. The highest BCUT2D eigenvalue weighted by atomic mass is 35.5. The predicted octanol–water partition coefficient (Wildman–Crippen LogP) is 6.36. The van der Waals surface area contributed by atoms with Crippen LogP contribution in [-0.4, -0.2) is 62.8 Å². The maximum absolute atomic E-state index is 14.4. The third-order valence-corrected chi connectivity index (χ3v) is 8.29. The Morgan fingerprint density at radius 3 is 2.43 bits per heavy atom. The topological polar surface area (TPSA) is 177 Å². The largest absolute Gasteiger partial charge is 0.465 e. The molecule has 2 heterocycles. The molecule has 5 rings (SSSR count). The molecular formula is C37H41ClF3N7O5. The summed E-state index contributed by atoms with van der Waals surface area (Å²) in [6, 6.07) is 15.1. The van der Waals surface area contributed by atoms with E-state index in [-0.39, 0.29) is 58.9 Å². The smallest absolute Gasteiger partial charge is 0.429 e. The lowest BCUT2D eigenvalue weighted by Gasteiger charge is -2.25. The first-order chi connectivity index (χ1) is 25.1. The first-order valence-corrected chi connectivity index (χ1v) is 17.2. The Kier molecular flexibility index (Phi) is 14.1. The first-order valence-electron chi connectivity index (χ1n) is 16.8. The third kappa shape index (κ3) is 11.9. The van der Waals surface area contributed by atoms with Gasteiger partial charge in [0.1, 0.15) is 11.8 Å². The van der Waals surface area contributed by atoms with Gasteiger partial charge < -0.3 is 26.3 Å². The molecule has 1 aliphatic rings. The van der Waals surface area contributed by atoms with Crippen molar-refractivity contribution in [2.45, 2.75) is 64.8 Å². The normalized spacial score (nSPS) is 15.2. The number of allylic oxidation sites excluding steroid dienone is 2. The number of alkyl halides is 3. The number of nitrogens with zero attached hydrogens (tertiary/aromatic N) is 4. The van der Waals surface area contributed by atoms with Crippen LogP contribution >= 0.6 is 11.6 Å². The average molecular weight is 756 g/mol. The lowest BCUT2D eigenvalue weighted by molar-refractivity contribution is -0.198. The Labute approximate surface area is 309 Å². The van der Waals surface area contributed by atoms with E-state index in [2.05, 4.69) is 20.4 Å². The fourth-order valence-electron chi connectivity index (χ4n) is 5.52. The number of aryl methyl sites for hydroxylation is 1. The molecule has 282 valence electrons. The number of carbonyl (C=O) groups is 3. The van der Waals surface area contributed by atoms with E-state index < -0.39 is 24.3 Å². The minimum atomic E-state index is -4.81. The van der Waals surface area contributed by atoms with Gasteiger partial charge in [-0.15, -0.1) is 0 Å². The molecule has 16 heteroatoms. The molecule has 0 saturated carbocycles. The standard InChI is InChI=1S/C27H30ClF3N6O3.C10H11NO2/c1-3-39-25(38)20(32)12-16-4-6-17(7-5-16)21-14-23(35-26(33)34-21)40-24(27(29,30)31)19-9-8-18(28)13-22(19)37-11-10-15(2)36-37;1-8(12)7-11-10(13)9-5-3-2-4-6-9/h6,8-11,13-14,16,20,24H,3-5,7,12,32H2,1-2H3,(H2,33,34,35);2-6H,7H2,1H3,(H,11,13)/t16?,20-,24?;/m0./s1. The number of hydrogen-bond acceptors (Lipinski definition) is 10. The Morgan fingerprint density at radius 2 is 1.83 bits per heavy atom. The summed E-state index contributed by atoms with van der Waals surface area (Å²) in [5.74, 6) is -1.09. The molecule has 1 amide bonds. The van der Waals surface area contributed by atoms with E-state index in [0.717, 1.165) is 5.57 Å². The number of esters is 1. The van der Waals surface area contributed by atoms with Crippen LogP contribution in [-0.2, 0) is 14.3 Å². The summed E-state index contributed by atoms with van der Waals surface area (Å²) in [6.07, 6.45) is -1.36. The third-order valence-electron chi connectivity index (χ3n) is 8.06. The van der Waals surface area contributed by atoms with Crippen molar-refractivity contribution in [3.05, 3.63) is 100 Å². The van der Waals surface area contributed by atoms with E-state index in [1.165, 1.54) is 35.9 Å². The molecule has 2 aromatic heterocycles. The van der Waals surface area contributed by atoms with Crippen molar-refractivity contribution >= 4 is 40.8 Å². The molecule has 4 aromatic rings. The van der Waals surface area contributed by atoms with Crippen molar-refractivity contribution in [3.63, 3.8) is 0 Å². The number of aromatic nitrogens is 4. The van der Waals surface area contributed by atoms with Crippen LogP contribution in [0.3, 0.4) is 0 Å². The van der Waals surface area contributed by atoms with Gasteiger partial charge in [0.25, 0.3) is 5.91 Å². The fraction of sp³-hybridized carbons (Fsp3) is 0.351. The number of benzene rings is 2. The number of ether oxygens (including phenoxy) is 2. The van der Waals surface area contributed by atoms with Gasteiger partial charge in [0.2, 0.25) is 17.9 Å². The predicted molar refractivity (Wildman–Crippen MR) is 193 cm³/mol. The molecule has 2 unspecified atom stereocenters. The molecule has 0 saturated heterocycles. The van der Waals surface area contributed by atoms with Crippen LogP contribution in [0.4, 0.5) is 19.1 Å². The Balaban J connectivity index is 0.000000407. The number of anilines is 1. The molecule has 3 atom stereocenters. The zero-order valence-corrected chi connectivity index (χ0v) is 30.2. The van der Waals surface area contributed by atoms with Gasteiger partial charge in [0.05, 0.1) is 30.2 Å². The molecule has 2 aromatic carbocycles. The number of hydrogen-bond donors (Lipinski definition) is 3. The number of rotatable bonds is 12. The van der Waals surface area contributed by atoms with E-state index >= 15 is 0 Å². The SMILES string of the molecule is CC(=O)CNC(=O)c1ccccc1.CCOC(=O)[C@@H](N)CC1CC=C(c2cc(OC(c3ccc(Cl)cc3-n3ccc(C)n3)C(F)(F)F)nc(N)n2)CC1. The van der Waals surface area contributed by atoms with Crippen molar-refractivity contribution in [2.24, 2.45) is 11.7 Å². The number of nitrogens with two attached hydrogens (primary N) is 2. The second kappa shape index (κ2) is 18.5. The van der Waals surface area contributed by atoms with Crippen LogP contribution in [0.15, 0.2) is 72.9 Å². The van der Waals surface area contributed by atoms with Gasteiger partial charge in [-0.25, -0.2) is 9.67 Å². The van der Waals surface area contributed by atoms with E-state index in [1.807, 2.05) is 12.1 Å². The number of halogens is 4. The minimum absolute atomic E-state index is 0.0516. The zero-order chi connectivity index (χ0) is 38.7. The molecule has 12 nitrogen and oxygen atoms in total. The highest BCUT2D eigenvalue weighted by Gasteiger charge is 2.45. The van der Waals surface area contributed by atoms with Gasteiger partial charge in [-0.1, -0.05) is 41.9 Å². The average Bonchev–Trinajstić information content (AvgIpc) is 3.56. The summed E-state index contributed by atoms with van der Waals surface area (Å²) in [5.41, 5.74) is 14.1. The molecule has 0 radical (unpaired) electrons. The van der Waals surface area contributed by atoms with Crippen molar-refractivity contribution in [3.8, 4) is 11.6 Å². The molecule has 1 aliphatic carbocycles. The van der Waals surface area contributed by atoms with Crippen LogP contribution in [0.25, 0.3) is 11.3 Å². The molecule has 5 N–H and O–H groups in total. The number of carbonyl (C=O) groups excluding carboxylic acids is 3. The van der Waals surface area contributed by atoms with Gasteiger partial charge in [0.15, 0.2) is 0 Å². The van der Waals surface area contributed by atoms with E-state index in [9.17, 15) is 27.6 Å². The summed E-state index contributed by atoms with van der Waals surface area (Å²) in [4.78, 5) is 41.9. The number of nitrogens with one attached hydrogen (secondary N) is 1.